The van der Waals surface area contributed by atoms with E-state index < -0.39 is 0 Å². The minimum absolute atomic E-state index is 0.00822. The zero-order chi connectivity index (χ0) is 17.4. The Balaban J connectivity index is 1.85. The average Bonchev–Trinajstić information content (AvgIpc) is 2.64. The predicted molar refractivity (Wildman–Crippen MR) is 91.4 cm³/mol. The second kappa shape index (κ2) is 8.96. The molecule has 1 aromatic carbocycles. The lowest BCUT2D eigenvalue weighted by Crippen LogP contribution is -2.44. The summed E-state index contributed by atoms with van der Waals surface area (Å²) in [6.45, 7) is 0. The summed E-state index contributed by atoms with van der Waals surface area (Å²) in [5, 5.41) is 0. The summed E-state index contributed by atoms with van der Waals surface area (Å²) in [4.78, 5) is 23.8. The fourth-order valence-corrected chi connectivity index (χ4v) is 2.76. The third-order valence-corrected chi connectivity index (χ3v) is 4.12. The number of methoxy groups -OCH3 is 2. The Morgan fingerprint density at radius 3 is 2.42 bits per heavy atom. The molecule has 1 aliphatic rings. The van der Waals surface area contributed by atoms with Gasteiger partial charge >= 0.3 is 0 Å². The largest absolute Gasteiger partial charge is 0.493 e. The minimum Gasteiger partial charge on any atom is -0.493 e. The smallest absolute Gasteiger partial charge is 0.262 e. The van der Waals surface area contributed by atoms with Crippen molar-refractivity contribution in [3.63, 3.8) is 0 Å². The number of hydrogen-bond donors (Lipinski definition) is 2. The normalized spacial score (nSPS) is 15.1. The maximum absolute atomic E-state index is 12.0. The number of rotatable bonds is 5. The number of benzene rings is 1. The van der Waals surface area contributed by atoms with Crippen molar-refractivity contribution >= 4 is 17.9 Å². The maximum atomic E-state index is 12.0. The molecule has 0 heterocycles. The lowest BCUT2D eigenvalue weighted by molar-refractivity contribution is -0.130. The van der Waals surface area contributed by atoms with Crippen LogP contribution in [0.1, 0.15) is 37.7 Å². The highest BCUT2D eigenvalue weighted by atomic mass is 16.5. The Morgan fingerprint density at radius 1 is 1.04 bits per heavy atom. The monoisotopic (exact) mass is 332 g/mol. The highest BCUT2D eigenvalue weighted by Gasteiger charge is 2.20. The Morgan fingerprint density at radius 2 is 1.75 bits per heavy atom. The number of carbonyl (C=O) groups is 2. The van der Waals surface area contributed by atoms with Crippen LogP contribution in [0.2, 0.25) is 0 Å². The molecule has 1 saturated carbocycles. The molecule has 24 heavy (non-hydrogen) atoms. The molecule has 0 bridgehead atoms. The fraction of sp³-hybridized carbons (Fsp3) is 0.444. The first kappa shape index (κ1) is 17.8. The standard InChI is InChI=1S/C18H24N2O4/c1-23-15-10-8-13(12-16(15)24-2)9-11-17(21)19-20-18(22)14-6-4-3-5-7-14/h8-12,14H,3-7H2,1-2H3,(H,19,21)(H,20,22). The lowest BCUT2D eigenvalue weighted by Gasteiger charge is -2.20. The number of hydrogen-bond acceptors (Lipinski definition) is 4. The van der Waals surface area contributed by atoms with Gasteiger partial charge in [0.2, 0.25) is 5.91 Å². The molecule has 0 unspecified atom stereocenters. The summed E-state index contributed by atoms with van der Waals surface area (Å²) in [5.74, 6) is 0.731. The van der Waals surface area contributed by atoms with Gasteiger partial charge in [0.1, 0.15) is 0 Å². The quantitative estimate of drug-likeness (QED) is 0.641. The topological polar surface area (TPSA) is 76.7 Å². The van der Waals surface area contributed by atoms with Gasteiger partial charge in [0.25, 0.3) is 5.91 Å². The first-order chi connectivity index (χ1) is 11.6. The predicted octanol–water partition coefficient (Wildman–Crippen LogP) is 2.44. The van der Waals surface area contributed by atoms with Gasteiger partial charge < -0.3 is 9.47 Å². The zero-order valence-electron chi connectivity index (χ0n) is 14.1. The Labute approximate surface area is 142 Å². The molecule has 6 heteroatoms. The second-order valence-electron chi connectivity index (χ2n) is 5.76. The molecule has 0 aliphatic heterocycles. The van der Waals surface area contributed by atoms with Crippen LogP contribution in [0.5, 0.6) is 11.5 Å². The number of carbonyl (C=O) groups excluding carboxylic acids is 2. The van der Waals surface area contributed by atoms with Crippen LogP contribution in [0.15, 0.2) is 24.3 Å². The average molecular weight is 332 g/mol. The van der Waals surface area contributed by atoms with Gasteiger partial charge in [-0.3, -0.25) is 20.4 Å². The third kappa shape index (κ3) is 5.01. The molecule has 0 spiro atoms. The number of ether oxygens (including phenoxy) is 2. The molecule has 1 fully saturated rings. The molecule has 2 rings (SSSR count). The summed E-state index contributed by atoms with van der Waals surface area (Å²) < 4.78 is 10.4. The molecule has 2 N–H and O–H groups in total. The van der Waals surface area contributed by atoms with Crippen LogP contribution in [-0.2, 0) is 9.59 Å². The molecular formula is C18H24N2O4. The van der Waals surface area contributed by atoms with Crippen LogP contribution < -0.4 is 20.3 Å². The Kier molecular flexibility index (Phi) is 6.66. The maximum Gasteiger partial charge on any atom is 0.262 e. The highest BCUT2D eigenvalue weighted by molar-refractivity contribution is 5.93. The summed E-state index contributed by atoms with van der Waals surface area (Å²) in [5.41, 5.74) is 5.71. The molecule has 0 saturated heterocycles. The van der Waals surface area contributed by atoms with Crippen molar-refractivity contribution in [1.29, 1.82) is 0 Å². The van der Waals surface area contributed by atoms with E-state index in [-0.39, 0.29) is 17.7 Å². The first-order valence-electron chi connectivity index (χ1n) is 8.14. The van der Waals surface area contributed by atoms with Gasteiger partial charge in [0, 0.05) is 12.0 Å². The third-order valence-electron chi connectivity index (χ3n) is 4.12. The molecule has 6 nitrogen and oxygen atoms in total. The number of amides is 2. The van der Waals surface area contributed by atoms with Crippen LogP contribution in [-0.4, -0.2) is 26.0 Å². The Hall–Kier alpha value is -2.50. The van der Waals surface area contributed by atoms with E-state index in [0.717, 1.165) is 31.2 Å². The van der Waals surface area contributed by atoms with Crippen molar-refractivity contribution in [1.82, 2.24) is 10.9 Å². The fourth-order valence-electron chi connectivity index (χ4n) is 2.76. The molecule has 0 radical (unpaired) electrons. The molecular weight excluding hydrogens is 308 g/mol. The molecule has 1 aliphatic carbocycles. The van der Waals surface area contributed by atoms with E-state index in [1.165, 1.54) is 12.5 Å². The molecule has 0 atom stereocenters. The van der Waals surface area contributed by atoms with E-state index in [1.54, 1.807) is 32.4 Å². The van der Waals surface area contributed by atoms with E-state index in [4.69, 9.17) is 9.47 Å². The van der Waals surface area contributed by atoms with Crippen LogP contribution in [0.25, 0.3) is 6.08 Å². The van der Waals surface area contributed by atoms with Crippen LogP contribution in [0, 0.1) is 5.92 Å². The number of hydrazine groups is 1. The van der Waals surface area contributed by atoms with E-state index in [1.807, 2.05) is 6.07 Å². The summed E-state index contributed by atoms with van der Waals surface area (Å²) in [6, 6.07) is 5.34. The van der Waals surface area contributed by atoms with Crippen LogP contribution in [0.4, 0.5) is 0 Å². The van der Waals surface area contributed by atoms with Gasteiger partial charge in [-0.15, -0.1) is 0 Å². The molecule has 130 valence electrons. The van der Waals surface area contributed by atoms with Gasteiger partial charge in [0.05, 0.1) is 14.2 Å². The van der Waals surface area contributed by atoms with Crippen molar-refractivity contribution in [2.24, 2.45) is 5.92 Å². The van der Waals surface area contributed by atoms with Gasteiger partial charge in [0.15, 0.2) is 11.5 Å². The minimum atomic E-state index is -0.381. The zero-order valence-corrected chi connectivity index (χ0v) is 14.1. The molecule has 1 aromatic rings. The van der Waals surface area contributed by atoms with Crippen molar-refractivity contribution in [3.8, 4) is 11.5 Å². The molecule has 0 aromatic heterocycles. The van der Waals surface area contributed by atoms with Crippen molar-refractivity contribution in [2.45, 2.75) is 32.1 Å². The first-order valence-corrected chi connectivity index (χ1v) is 8.14. The van der Waals surface area contributed by atoms with Gasteiger partial charge in [-0.2, -0.15) is 0 Å². The summed E-state index contributed by atoms with van der Waals surface area (Å²) in [6.07, 6.45) is 8.12. The van der Waals surface area contributed by atoms with Gasteiger partial charge in [-0.25, -0.2) is 0 Å². The highest BCUT2D eigenvalue weighted by Crippen LogP contribution is 2.28. The second-order valence-corrected chi connectivity index (χ2v) is 5.76. The summed E-state index contributed by atoms with van der Waals surface area (Å²) >= 11 is 0. The van der Waals surface area contributed by atoms with Gasteiger partial charge in [-0.05, 0) is 36.6 Å². The summed E-state index contributed by atoms with van der Waals surface area (Å²) in [7, 11) is 3.12. The SMILES string of the molecule is COc1ccc(C=CC(=O)NNC(=O)C2CCCCC2)cc1OC. The lowest BCUT2D eigenvalue weighted by atomic mass is 9.89. The van der Waals surface area contributed by atoms with Crippen molar-refractivity contribution in [3.05, 3.63) is 29.8 Å². The van der Waals surface area contributed by atoms with Gasteiger partial charge in [-0.1, -0.05) is 25.3 Å². The van der Waals surface area contributed by atoms with Crippen molar-refractivity contribution < 1.29 is 19.1 Å². The van der Waals surface area contributed by atoms with E-state index in [9.17, 15) is 9.59 Å². The van der Waals surface area contributed by atoms with Crippen molar-refractivity contribution in [2.75, 3.05) is 14.2 Å². The molecule has 2 amide bonds. The Bertz CT molecular complexity index is 607. The van der Waals surface area contributed by atoms with E-state index >= 15 is 0 Å². The van der Waals surface area contributed by atoms with E-state index in [2.05, 4.69) is 10.9 Å². The van der Waals surface area contributed by atoms with Crippen LogP contribution in [0.3, 0.4) is 0 Å². The number of nitrogens with one attached hydrogen (secondary N) is 2. The van der Waals surface area contributed by atoms with E-state index in [0.29, 0.717) is 11.5 Å². The van der Waals surface area contributed by atoms with Crippen LogP contribution >= 0.6 is 0 Å².